The predicted octanol–water partition coefficient (Wildman–Crippen LogP) is 2.38. The first kappa shape index (κ1) is 14.8. The SMILES string of the molecule is CN1CCCC[C@@H]1CCN1CC=C(c2cnn(C)c2)CC1. The van der Waals surface area contributed by atoms with E-state index < -0.39 is 0 Å². The van der Waals surface area contributed by atoms with E-state index in [1.807, 2.05) is 17.9 Å². The average molecular weight is 288 g/mol. The Morgan fingerprint density at radius 1 is 1.24 bits per heavy atom. The Balaban J connectivity index is 1.48. The molecule has 0 bridgehead atoms. The lowest BCUT2D eigenvalue weighted by Crippen LogP contribution is -2.39. The highest BCUT2D eigenvalue weighted by Gasteiger charge is 2.20. The Labute approximate surface area is 128 Å². The van der Waals surface area contributed by atoms with Gasteiger partial charge in [-0.1, -0.05) is 12.5 Å². The van der Waals surface area contributed by atoms with E-state index in [0.717, 1.165) is 19.0 Å². The van der Waals surface area contributed by atoms with Crippen LogP contribution in [0.2, 0.25) is 0 Å². The van der Waals surface area contributed by atoms with Crippen LogP contribution in [0.15, 0.2) is 18.5 Å². The van der Waals surface area contributed by atoms with Crippen molar-refractivity contribution in [3.05, 3.63) is 24.0 Å². The van der Waals surface area contributed by atoms with Crippen LogP contribution in [-0.4, -0.2) is 58.8 Å². The van der Waals surface area contributed by atoms with Gasteiger partial charge in [0, 0.05) is 37.9 Å². The van der Waals surface area contributed by atoms with Gasteiger partial charge in [-0.05, 0) is 51.4 Å². The molecule has 1 atom stereocenters. The third-order valence-electron chi connectivity index (χ3n) is 5.07. The molecular formula is C17H28N4. The molecule has 0 aliphatic carbocycles. The van der Waals surface area contributed by atoms with Crippen molar-refractivity contribution in [2.75, 3.05) is 33.2 Å². The largest absolute Gasteiger partial charge is 0.303 e. The Bertz CT molecular complexity index is 491. The summed E-state index contributed by atoms with van der Waals surface area (Å²) >= 11 is 0. The first-order valence-corrected chi connectivity index (χ1v) is 8.33. The van der Waals surface area contributed by atoms with Gasteiger partial charge in [0.1, 0.15) is 0 Å². The number of rotatable bonds is 4. The van der Waals surface area contributed by atoms with Crippen molar-refractivity contribution in [1.29, 1.82) is 0 Å². The van der Waals surface area contributed by atoms with E-state index in [1.165, 1.54) is 56.5 Å². The third-order valence-corrected chi connectivity index (χ3v) is 5.07. The van der Waals surface area contributed by atoms with E-state index in [-0.39, 0.29) is 0 Å². The third kappa shape index (κ3) is 3.74. The van der Waals surface area contributed by atoms with Crippen molar-refractivity contribution in [1.82, 2.24) is 19.6 Å². The fraction of sp³-hybridized carbons (Fsp3) is 0.706. The predicted molar refractivity (Wildman–Crippen MR) is 87.1 cm³/mol. The van der Waals surface area contributed by atoms with E-state index >= 15 is 0 Å². The van der Waals surface area contributed by atoms with Crippen molar-refractivity contribution < 1.29 is 0 Å². The minimum atomic E-state index is 0.808. The van der Waals surface area contributed by atoms with Gasteiger partial charge >= 0.3 is 0 Å². The molecule has 21 heavy (non-hydrogen) atoms. The molecule has 3 heterocycles. The second-order valence-corrected chi connectivity index (χ2v) is 6.60. The molecule has 4 nitrogen and oxygen atoms in total. The summed E-state index contributed by atoms with van der Waals surface area (Å²) in [6.07, 6.45) is 13.2. The highest BCUT2D eigenvalue weighted by Crippen LogP contribution is 2.23. The van der Waals surface area contributed by atoms with Crippen molar-refractivity contribution >= 4 is 5.57 Å². The summed E-state index contributed by atoms with van der Waals surface area (Å²) in [4.78, 5) is 5.16. The van der Waals surface area contributed by atoms with Crippen LogP contribution >= 0.6 is 0 Å². The highest BCUT2D eigenvalue weighted by molar-refractivity contribution is 5.65. The summed E-state index contributed by atoms with van der Waals surface area (Å²) in [6, 6.07) is 0.808. The van der Waals surface area contributed by atoms with Crippen molar-refractivity contribution in [2.24, 2.45) is 7.05 Å². The second-order valence-electron chi connectivity index (χ2n) is 6.60. The van der Waals surface area contributed by atoms with E-state index in [1.54, 1.807) is 0 Å². The zero-order chi connectivity index (χ0) is 14.7. The van der Waals surface area contributed by atoms with Gasteiger partial charge in [-0.3, -0.25) is 9.58 Å². The summed E-state index contributed by atoms with van der Waals surface area (Å²) in [5.74, 6) is 0. The lowest BCUT2D eigenvalue weighted by Gasteiger charge is -2.34. The molecule has 2 aliphatic heterocycles. The first-order chi connectivity index (χ1) is 10.2. The second kappa shape index (κ2) is 6.75. The molecule has 0 unspecified atom stereocenters. The number of hydrogen-bond acceptors (Lipinski definition) is 3. The number of likely N-dealkylation sites (tertiary alicyclic amines) is 1. The molecule has 1 aromatic rings. The minimum absolute atomic E-state index is 0.808. The first-order valence-electron chi connectivity index (χ1n) is 8.33. The molecule has 1 saturated heterocycles. The minimum Gasteiger partial charge on any atom is -0.303 e. The number of hydrogen-bond donors (Lipinski definition) is 0. The molecule has 116 valence electrons. The average Bonchev–Trinajstić information content (AvgIpc) is 2.94. The molecule has 1 fully saturated rings. The number of aryl methyl sites for hydroxylation is 1. The van der Waals surface area contributed by atoms with Crippen molar-refractivity contribution in [2.45, 2.75) is 38.1 Å². The van der Waals surface area contributed by atoms with Gasteiger partial charge in [0.05, 0.1) is 6.20 Å². The molecular weight excluding hydrogens is 260 g/mol. The summed E-state index contributed by atoms with van der Waals surface area (Å²) in [5.41, 5.74) is 2.76. The summed E-state index contributed by atoms with van der Waals surface area (Å²) in [7, 11) is 4.28. The molecule has 0 spiro atoms. The summed E-state index contributed by atoms with van der Waals surface area (Å²) < 4.78 is 1.89. The topological polar surface area (TPSA) is 24.3 Å². The van der Waals surface area contributed by atoms with E-state index in [9.17, 15) is 0 Å². The van der Waals surface area contributed by atoms with Crippen LogP contribution in [0.4, 0.5) is 0 Å². The van der Waals surface area contributed by atoms with Crippen LogP contribution in [-0.2, 0) is 7.05 Å². The van der Waals surface area contributed by atoms with Crippen LogP contribution in [0.25, 0.3) is 5.57 Å². The van der Waals surface area contributed by atoms with E-state index in [0.29, 0.717) is 0 Å². The monoisotopic (exact) mass is 288 g/mol. The summed E-state index contributed by atoms with van der Waals surface area (Å²) in [5, 5.41) is 4.27. The zero-order valence-electron chi connectivity index (χ0n) is 13.5. The number of nitrogens with zero attached hydrogens (tertiary/aromatic N) is 4. The van der Waals surface area contributed by atoms with Gasteiger partial charge < -0.3 is 4.90 Å². The molecule has 0 aromatic carbocycles. The van der Waals surface area contributed by atoms with Crippen LogP contribution in [0.5, 0.6) is 0 Å². The standard InChI is InChI=1S/C17H28N4/c1-19-9-4-3-5-17(19)8-12-21-10-6-15(7-11-21)16-13-18-20(2)14-16/h6,13-14,17H,3-5,7-12H2,1-2H3/t17-/m1/s1. The number of aromatic nitrogens is 2. The lowest BCUT2D eigenvalue weighted by molar-refractivity contribution is 0.157. The Morgan fingerprint density at radius 3 is 2.81 bits per heavy atom. The van der Waals surface area contributed by atoms with Crippen LogP contribution in [0, 0.1) is 0 Å². The van der Waals surface area contributed by atoms with Crippen LogP contribution in [0.3, 0.4) is 0 Å². The van der Waals surface area contributed by atoms with Gasteiger partial charge in [-0.2, -0.15) is 5.10 Å². The van der Waals surface area contributed by atoms with E-state index in [4.69, 9.17) is 0 Å². The van der Waals surface area contributed by atoms with E-state index in [2.05, 4.69) is 34.2 Å². The maximum absolute atomic E-state index is 4.27. The smallest absolute Gasteiger partial charge is 0.0564 e. The van der Waals surface area contributed by atoms with Gasteiger partial charge in [-0.15, -0.1) is 0 Å². The molecule has 2 aliphatic rings. The van der Waals surface area contributed by atoms with Crippen LogP contribution < -0.4 is 0 Å². The molecule has 3 rings (SSSR count). The fourth-order valence-electron chi connectivity index (χ4n) is 3.60. The van der Waals surface area contributed by atoms with Gasteiger partial charge in [0.2, 0.25) is 0 Å². The molecule has 0 N–H and O–H groups in total. The van der Waals surface area contributed by atoms with Gasteiger partial charge in [0.25, 0.3) is 0 Å². The molecule has 0 radical (unpaired) electrons. The molecule has 0 saturated carbocycles. The normalized spacial score (nSPS) is 25.0. The quantitative estimate of drug-likeness (QED) is 0.850. The fourth-order valence-corrected chi connectivity index (χ4v) is 3.60. The van der Waals surface area contributed by atoms with Crippen molar-refractivity contribution in [3.8, 4) is 0 Å². The Hall–Kier alpha value is -1.13. The molecule has 0 amide bonds. The molecule has 1 aromatic heterocycles. The Kier molecular flexibility index (Phi) is 4.76. The maximum atomic E-state index is 4.27. The zero-order valence-corrected chi connectivity index (χ0v) is 13.5. The molecule has 4 heteroatoms. The lowest BCUT2D eigenvalue weighted by atomic mass is 9.99. The summed E-state index contributed by atoms with van der Waals surface area (Å²) in [6.45, 7) is 4.82. The maximum Gasteiger partial charge on any atom is 0.0564 e. The van der Waals surface area contributed by atoms with Crippen molar-refractivity contribution in [3.63, 3.8) is 0 Å². The number of piperidine rings is 1. The van der Waals surface area contributed by atoms with Gasteiger partial charge in [0.15, 0.2) is 0 Å². The van der Waals surface area contributed by atoms with Crippen LogP contribution in [0.1, 0.15) is 37.7 Å². The van der Waals surface area contributed by atoms with Gasteiger partial charge in [-0.25, -0.2) is 0 Å². The Morgan fingerprint density at radius 2 is 2.14 bits per heavy atom. The highest BCUT2D eigenvalue weighted by atomic mass is 15.2.